The average molecular weight is 362 g/mol. The fraction of sp³-hybridized carbons (Fsp3) is 0.227. The molecule has 0 aliphatic carbocycles. The minimum absolute atomic E-state index is 0.0812. The topological polar surface area (TPSA) is 25.2 Å². The van der Waals surface area contributed by atoms with Crippen LogP contribution in [0.4, 0.5) is 0 Å². The van der Waals surface area contributed by atoms with Crippen molar-refractivity contribution in [3.63, 3.8) is 0 Å². The Morgan fingerprint density at radius 2 is 1.81 bits per heavy atom. The van der Waals surface area contributed by atoms with Gasteiger partial charge >= 0.3 is 0 Å². The van der Waals surface area contributed by atoms with Crippen LogP contribution < -0.4 is 0 Å². The van der Waals surface area contributed by atoms with Crippen LogP contribution in [0.1, 0.15) is 29.0 Å². The molecule has 0 spiro atoms. The Labute approximate surface area is 158 Å². The summed E-state index contributed by atoms with van der Waals surface area (Å²) in [5.41, 5.74) is 4.89. The first-order valence-electron chi connectivity index (χ1n) is 8.97. The van der Waals surface area contributed by atoms with E-state index in [2.05, 4.69) is 66.3 Å². The summed E-state index contributed by atoms with van der Waals surface area (Å²) in [5, 5.41) is 0.0812. The second kappa shape index (κ2) is 7.42. The minimum atomic E-state index is 0.0812. The number of thioether (sulfide) groups is 1. The molecule has 1 aromatic heterocycles. The predicted molar refractivity (Wildman–Crippen MR) is 107 cm³/mol. The van der Waals surface area contributed by atoms with E-state index in [1.165, 1.54) is 22.4 Å². The molecule has 1 aliphatic rings. The van der Waals surface area contributed by atoms with Gasteiger partial charge in [0.05, 0.1) is 5.75 Å². The average Bonchev–Trinajstić information content (AvgIpc) is 3.30. The first-order valence-corrected chi connectivity index (χ1v) is 10.0. The van der Waals surface area contributed by atoms with Crippen molar-refractivity contribution in [3.05, 3.63) is 89.7 Å². The van der Waals surface area contributed by atoms with Gasteiger partial charge in [0, 0.05) is 30.2 Å². The van der Waals surface area contributed by atoms with Gasteiger partial charge in [0.1, 0.15) is 5.37 Å². The first-order chi connectivity index (χ1) is 12.8. The van der Waals surface area contributed by atoms with Crippen LogP contribution in [0.15, 0.2) is 73.1 Å². The smallest absolute Gasteiger partial charge is 0.234 e. The molecule has 1 saturated heterocycles. The molecule has 1 unspecified atom stereocenters. The highest BCUT2D eigenvalue weighted by Gasteiger charge is 2.33. The molecule has 0 bridgehead atoms. The minimum Gasteiger partial charge on any atom is -0.323 e. The highest BCUT2D eigenvalue weighted by molar-refractivity contribution is 8.00. The fourth-order valence-electron chi connectivity index (χ4n) is 3.45. The van der Waals surface area contributed by atoms with Gasteiger partial charge in [0.2, 0.25) is 5.91 Å². The lowest BCUT2D eigenvalue weighted by Gasteiger charge is -2.23. The van der Waals surface area contributed by atoms with Crippen LogP contribution in [0.2, 0.25) is 0 Å². The standard InChI is InChI=1S/C22H22N2OS/c1-2-18-10-6-7-11-20(18)23-13-12-19(15-23)22-24(21(25)16-26-22)14-17-8-4-3-5-9-17/h3-13,15,22H,2,14,16H2,1H3. The highest BCUT2D eigenvalue weighted by atomic mass is 32.2. The summed E-state index contributed by atoms with van der Waals surface area (Å²) in [6.45, 7) is 2.84. The van der Waals surface area contributed by atoms with E-state index in [0.29, 0.717) is 12.3 Å². The lowest BCUT2D eigenvalue weighted by atomic mass is 10.1. The Balaban J connectivity index is 1.61. The Bertz CT molecular complexity index is 903. The number of rotatable bonds is 5. The third kappa shape index (κ3) is 3.29. The first kappa shape index (κ1) is 17.0. The summed E-state index contributed by atoms with van der Waals surface area (Å²) in [6.07, 6.45) is 5.27. The maximum absolute atomic E-state index is 12.4. The van der Waals surface area contributed by atoms with Crippen molar-refractivity contribution in [1.29, 1.82) is 0 Å². The van der Waals surface area contributed by atoms with Crippen LogP contribution in [0.25, 0.3) is 5.69 Å². The van der Waals surface area contributed by atoms with Crippen molar-refractivity contribution in [2.24, 2.45) is 0 Å². The van der Waals surface area contributed by atoms with Crippen molar-refractivity contribution in [3.8, 4) is 5.69 Å². The van der Waals surface area contributed by atoms with E-state index < -0.39 is 0 Å². The molecule has 3 aromatic rings. The number of para-hydroxylation sites is 1. The zero-order valence-corrected chi connectivity index (χ0v) is 15.7. The molecule has 26 heavy (non-hydrogen) atoms. The maximum Gasteiger partial charge on any atom is 0.234 e. The lowest BCUT2D eigenvalue weighted by Crippen LogP contribution is -2.27. The van der Waals surface area contributed by atoms with E-state index in [1.807, 2.05) is 23.1 Å². The lowest BCUT2D eigenvalue weighted by molar-refractivity contribution is -0.128. The Hall–Kier alpha value is -2.46. The van der Waals surface area contributed by atoms with Gasteiger partial charge in [-0.25, -0.2) is 0 Å². The number of carbonyl (C=O) groups is 1. The van der Waals surface area contributed by atoms with Crippen LogP contribution in [0, 0.1) is 0 Å². The quantitative estimate of drug-likeness (QED) is 0.650. The molecule has 3 nitrogen and oxygen atoms in total. The number of hydrogen-bond donors (Lipinski definition) is 0. The zero-order valence-electron chi connectivity index (χ0n) is 14.8. The monoisotopic (exact) mass is 362 g/mol. The number of hydrogen-bond acceptors (Lipinski definition) is 2. The molecule has 1 amide bonds. The van der Waals surface area contributed by atoms with Gasteiger partial charge in [-0.3, -0.25) is 4.79 Å². The van der Waals surface area contributed by atoms with Crippen LogP contribution in [-0.4, -0.2) is 21.1 Å². The van der Waals surface area contributed by atoms with Gasteiger partial charge in [-0.1, -0.05) is 55.5 Å². The molecule has 4 heteroatoms. The Morgan fingerprint density at radius 1 is 1.04 bits per heavy atom. The summed E-state index contributed by atoms with van der Waals surface area (Å²) >= 11 is 1.71. The second-order valence-corrected chi connectivity index (χ2v) is 7.57. The van der Waals surface area contributed by atoms with E-state index in [0.717, 1.165) is 6.42 Å². The summed E-state index contributed by atoms with van der Waals surface area (Å²) in [7, 11) is 0. The van der Waals surface area contributed by atoms with E-state index >= 15 is 0 Å². The summed E-state index contributed by atoms with van der Waals surface area (Å²) in [6, 6.07) is 20.8. The molecule has 2 heterocycles. The predicted octanol–water partition coefficient (Wildman–Crippen LogP) is 4.81. The number of benzene rings is 2. The summed E-state index contributed by atoms with van der Waals surface area (Å²) in [4.78, 5) is 14.4. The number of nitrogens with zero attached hydrogens (tertiary/aromatic N) is 2. The molecular weight excluding hydrogens is 340 g/mol. The molecule has 0 N–H and O–H groups in total. The highest BCUT2D eigenvalue weighted by Crippen LogP contribution is 2.40. The number of amides is 1. The van der Waals surface area contributed by atoms with Gasteiger partial charge < -0.3 is 9.47 Å². The van der Waals surface area contributed by atoms with Crippen LogP contribution in [0.3, 0.4) is 0 Å². The zero-order chi connectivity index (χ0) is 17.9. The van der Waals surface area contributed by atoms with Gasteiger partial charge in [-0.05, 0) is 29.7 Å². The number of carbonyl (C=O) groups excluding carboxylic acids is 1. The molecule has 1 aliphatic heterocycles. The molecule has 4 rings (SSSR count). The van der Waals surface area contributed by atoms with Gasteiger partial charge in [0.25, 0.3) is 0 Å². The number of aryl methyl sites for hydroxylation is 1. The van der Waals surface area contributed by atoms with Gasteiger partial charge in [-0.15, -0.1) is 11.8 Å². The SMILES string of the molecule is CCc1ccccc1-n1ccc(C2SCC(=O)N2Cc2ccccc2)c1. The molecule has 1 fully saturated rings. The number of aromatic nitrogens is 1. The van der Waals surface area contributed by atoms with Crippen molar-refractivity contribution >= 4 is 17.7 Å². The van der Waals surface area contributed by atoms with Gasteiger partial charge in [-0.2, -0.15) is 0 Å². The Morgan fingerprint density at radius 3 is 2.62 bits per heavy atom. The second-order valence-electron chi connectivity index (χ2n) is 6.50. The largest absolute Gasteiger partial charge is 0.323 e. The van der Waals surface area contributed by atoms with Crippen LogP contribution in [-0.2, 0) is 17.8 Å². The fourth-order valence-corrected chi connectivity index (χ4v) is 4.62. The molecule has 2 aromatic carbocycles. The molecule has 132 valence electrons. The summed E-state index contributed by atoms with van der Waals surface area (Å²) in [5.74, 6) is 0.763. The van der Waals surface area contributed by atoms with E-state index in [1.54, 1.807) is 11.8 Å². The molecule has 1 atom stereocenters. The molecule has 0 radical (unpaired) electrons. The molecular formula is C22H22N2OS. The maximum atomic E-state index is 12.4. The van der Waals surface area contributed by atoms with Crippen molar-refractivity contribution in [2.45, 2.75) is 25.3 Å². The Kier molecular flexibility index (Phi) is 4.85. The normalized spacial score (nSPS) is 17.0. The van der Waals surface area contributed by atoms with Crippen molar-refractivity contribution in [2.75, 3.05) is 5.75 Å². The van der Waals surface area contributed by atoms with E-state index in [9.17, 15) is 4.79 Å². The van der Waals surface area contributed by atoms with Crippen molar-refractivity contribution in [1.82, 2.24) is 9.47 Å². The van der Waals surface area contributed by atoms with Crippen molar-refractivity contribution < 1.29 is 4.79 Å². The third-order valence-corrected chi connectivity index (χ3v) is 6.07. The third-order valence-electron chi connectivity index (χ3n) is 4.82. The summed E-state index contributed by atoms with van der Waals surface area (Å²) < 4.78 is 2.18. The van der Waals surface area contributed by atoms with E-state index in [4.69, 9.17) is 0 Å². The van der Waals surface area contributed by atoms with E-state index in [-0.39, 0.29) is 11.3 Å². The van der Waals surface area contributed by atoms with Gasteiger partial charge in [0.15, 0.2) is 0 Å². The van der Waals surface area contributed by atoms with Crippen LogP contribution in [0.5, 0.6) is 0 Å². The molecule has 0 saturated carbocycles. The van der Waals surface area contributed by atoms with Crippen LogP contribution >= 0.6 is 11.8 Å².